The van der Waals surface area contributed by atoms with Crippen LogP contribution in [0.15, 0.2) is 61.1 Å². The summed E-state index contributed by atoms with van der Waals surface area (Å²) in [6.07, 6.45) is 7.97. The van der Waals surface area contributed by atoms with Gasteiger partial charge in [0.2, 0.25) is 0 Å². The Morgan fingerprint density at radius 3 is 2.57 bits per heavy atom. The molecule has 4 heteroatoms. The number of aromatic nitrogens is 2. The molecule has 0 bridgehead atoms. The summed E-state index contributed by atoms with van der Waals surface area (Å²) in [6, 6.07) is 14.5. The Kier molecular flexibility index (Phi) is 5.29. The summed E-state index contributed by atoms with van der Waals surface area (Å²) in [7, 11) is 0. The van der Waals surface area contributed by atoms with E-state index in [1.54, 1.807) is 12.4 Å². The van der Waals surface area contributed by atoms with Gasteiger partial charge in [0.25, 0.3) is 5.91 Å². The van der Waals surface area contributed by atoms with Crippen LogP contribution in [0, 0.1) is 12.8 Å². The van der Waals surface area contributed by atoms with Crippen molar-refractivity contribution in [2.24, 2.45) is 5.92 Å². The molecule has 1 fully saturated rings. The lowest BCUT2D eigenvalue weighted by Gasteiger charge is -2.31. The largest absolute Gasteiger partial charge is 0.338 e. The first-order chi connectivity index (χ1) is 13.6. The van der Waals surface area contributed by atoms with Gasteiger partial charge in [0.1, 0.15) is 5.69 Å². The summed E-state index contributed by atoms with van der Waals surface area (Å²) in [6.45, 7) is 6.71. The van der Waals surface area contributed by atoms with Crippen molar-refractivity contribution in [3.8, 4) is 11.1 Å². The molecule has 144 valence electrons. The molecule has 3 aromatic rings. The number of piperidine rings is 1. The quantitative estimate of drug-likeness (QED) is 0.660. The van der Waals surface area contributed by atoms with Crippen LogP contribution in [0.3, 0.4) is 0 Å². The highest BCUT2D eigenvalue weighted by Crippen LogP contribution is 2.25. The third-order valence-corrected chi connectivity index (χ3v) is 5.55. The van der Waals surface area contributed by atoms with Crippen LogP contribution in [-0.4, -0.2) is 33.4 Å². The molecule has 1 atom stereocenters. The Hall–Kier alpha value is -2.88. The number of amides is 1. The normalized spacial score (nSPS) is 16.9. The fourth-order valence-corrected chi connectivity index (χ4v) is 3.95. The summed E-state index contributed by atoms with van der Waals surface area (Å²) < 4.78 is 2.10. The maximum absolute atomic E-state index is 13.3. The highest BCUT2D eigenvalue weighted by molar-refractivity contribution is 5.94. The molecule has 1 aromatic carbocycles. The van der Waals surface area contributed by atoms with Crippen molar-refractivity contribution < 1.29 is 4.79 Å². The van der Waals surface area contributed by atoms with E-state index in [9.17, 15) is 4.79 Å². The second kappa shape index (κ2) is 8.01. The molecule has 4 rings (SSSR count). The molecule has 4 nitrogen and oxygen atoms in total. The minimum atomic E-state index is 0.138. The number of carbonyl (C=O) groups is 1. The standard InChI is InChI=1S/C24H27N3O/c1-18-5-7-20(8-6-18)16-27-17-22(21-9-11-25-12-10-21)14-23(27)24(28)26-13-3-4-19(2)15-26/h5-12,14,17,19H,3-4,13,15-16H2,1-2H3. The molecule has 0 radical (unpaired) electrons. The minimum absolute atomic E-state index is 0.138. The van der Waals surface area contributed by atoms with Crippen LogP contribution in [0.4, 0.5) is 0 Å². The average Bonchev–Trinajstić information content (AvgIpc) is 3.13. The summed E-state index contributed by atoms with van der Waals surface area (Å²) >= 11 is 0. The van der Waals surface area contributed by atoms with Crippen molar-refractivity contribution in [2.75, 3.05) is 13.1 Å². The Balaban J connectivity index is 1.69. The lowest BCUT2D eigenvalue weighted by molar-refractivity contribution is 0.0672. The minimum Gasteiger partial charge on any atom is -0.338 e. The molecule has 0 N–H and O–H groups in total. The Morgan fingerprint density at radius 1 is 1.11 bits per heavy atom. The molecule has 2 aromatic heterocycles. The summed E-state index contributed by atoms with van der Waals surface area (Å²) in [5, 5.41) is 0. The monoisotopic (exact) mass is 373 g/mol. The number of pyridine rings is 1. The van der Waals surface area contributed by atoms with Gasteiger partial charge in [0.05, 0.1) is 0 Å². The SMILES string of the molecule is Cc1ccc(Cn2cc(-c3ccncc3)cc2C(=O)N2CCCC(C)C2)cc1. The van der Waals surface area contributed by atoms with Gasteiger partial charge < -0.3 is 9.47 Å². The lowest BCUT2D eigenvalue weighted by Crippen LogP contribution is -2.39. The lowest BCUT2D eigenvalue weighted by atomic mass is 10.00. The molecule has 1 aliphatic heterocycles. The number of benzene rings is 1. The second-order valence-electron chi connectivity index (χ2n) is 7.96. The molecule has 0 saturated carbocycles. The number of rotatable bonds is 4. The van der Waals surface area contributed by atoms with E-state index in [4.69, 9.17) is 0 Å². The van der Waals surface area contributed by atoms with Gasteiger partial charge in [0, 0.05) is 43.8 Å². The first-order valence-corrected chi connectivity index (χ1v) is 10.1. The highest BCUT2D eigenvalue weighted by Gasteiger charge is 2.25. The van der Waals surface area contributed by atoms with Crippen molar-refractivity contribution in [1.29, 1.82) is 0 Å². The predicted octanol–water partition coefficient (Wildman–Crippen LogP) is 4.78. The smallest absolute Gasteiger partial charge is 0.270 e. The van der Waals surface area contributed by atoms with Crippen LogP contribution >= 0.6 is 0 Å². The maximum atomic E-state index is 13.3. The molecule has 0 aliphatic carbocycles. The third kappa shape index (κ3) is 4.01. The van der Waals surface area contributed by atoms with Crippen LogP contribution in [-0.2, 0) is 6.54 Å². The van der Waals surface area contributed by atoms with E-state index in [1.165, 1.54) is 17.5 Å². The molecule has 0 spiro atoms. The maximum Gasteiger partial charge on any atom is 0.270 e. The summed E-state index contributed by atoms with van der Waals surface area (Å²) in [5.74, 6) is 0.705. The molecule has 3 heterocycles. The molecule has 1 amide bonds. The number of hydrogen-bond donors (Lipinski definition) is 0. The van der Waals surface area contributed by atoms with Gasteiger partial charge in [-0.05, 0) is 55.0 Å². The average molecular weight is 374 g/mol. The molecule has 1 saturated heterocycles. The van der Waals surface area contributed by atoms with Crippen LogP contribution in [0.25, 0.3) is 11.1 Å². The number of nitrogens with zero attached hydrogens (tertiary/aromatic N) is 3. The van der Waals surface area contributed by atoms with E-state index in [-0.39, 0.29) is 5.91 Å². The predicted molar refractivity (Wildman–Crippen MR) is 112 cm³/mol. The van der Waals surface area contributed by atoms with Crippen molar-refractivity contribution in [2.45, 2.75) is 33.2 Å². The van der Waals surface area contributed by atoms with Crippen LogP contribution in [0.5, 0.6) is 0 Å². The van der Waals surface area contributed by atoms with Crippen LogP contribution < -0.4 is 0 Å². The van der Waals surface area contributed by atoms with Crippen LogP contribution in [0.2, 0.25) is 0 Å². The van der Waals surface area contributed by atoms with Crippen molar-refractivity contribution in [3.05, 3.63) is 77.9 Å². The number of carbonyl (C=O) groups excluding carboxylic acids is 1. The zero-order valence-corrected chi connectivity index (χ0v) is 16.6. The van der Waals surface area contributed by atoms with Gasteiger partial charge in [-0.3, -0.25) is 9.78 Å². The van der Waals surface area contributed by atoms with Gasteiger partial charge in [-0.25, -0.2) is 0 Å². The number of aryl methyl sites for hydroxylation is 1. The van der Waals surface area contributed by atoms with Crippen molar-refractivity contribution in [1.82, 2.24) is 14.5 Å². The first-order valence-electron chi connectivity index (χ1n) is 10.1. The van der Waals surface area contributed by atoms with Crippen molar-refractivity contribution >= 4 is 5.91 Å². The van der Waals surface area contributed by atoms with Crippen LogP contribution in [0.1, 0.15) is 41.4 Å². The second-order valence-corrected chi connectivity index (χ2v) is 7.96. The summed E-state index contributed by atoms with van der Waals surface area (Å²) in [4.78, 5) is 19.5. The number of likely N-dealkylation sites (tertiary alicyclic amines) is 1. The topological polar surface area (TPSA) is 38.1 Å². The molecule has 1 unspecified atom stereocenters. The Bertz CT molecular complexity index is 944. The number of hydrogen-bond acceptors (Lipinski definition) is 2. The molecular formula is C24H27N3O. The fourth-order valence-electron chi connectivity index (χ4n) is 3.95. The van der Waals surface area contributed by atoms with Gasteiger partial charge in [0.15, 0.2) is 0 Å². The van der Waals surface area contributed by atoms with E-state index in [0.717, 1.165) is 36.3 Å². The van der Waals surface area contributed by atoms with Gasteiger partial charge in [-0.15, -0.1) is 0 Å². The van der Waals surface area contributed by atoms with E-state index in [0.29, 0.717) is 12.5 Å². The molecular weight excluding hydrogens is 346 g/mol. The van der Waals surface area contributed by atoms with E-state index in [1.807, 2.05) is 23.1 Å². The molecule has 1 aliphatic rings. The zero-order chi connectivity index (χ0) is 19.5. The van der Waals surface area contributed by atoms with E-state index < -0.39 is 0 Å². The van der Waals surface area contributed by atoms with Crippen molar-refractivity contribution in [3.63, 3.8) is 0 Å². The molecule has 28 heavy (non-hydrogen) atoms. The highest BCUT2D eigenvalue weighted by atomic mass is 16.2. The third-order valence-electron chi connectivity index (χ3n) is 5.55. The Labute approximate surface area is 166 Å². The Morgan fingerprint density at radius 2 is 1.86 bits per heavy atom. The van der Waals surface area contributed by atoms with E-state index >= 15 is 0 Å². The van der Waals surface area contributed by atoms with Gasteiger partial charge in [-0.2, -0.15) is 0 Å². The fraction of sp³-hybridized carbons (Fsp3) is 0.333. The first kappa shape index (κ1) is 18.5. The van der Waals surface area contributed by atoms with Gasteiger partial charge >= 0.3 is 0 Å². The zero-order valence-electron chi connectivity index (χ0n) is 16.6. The van der Waals surface area contributed by atoms with E-state index in [2.05, 4.69) is 53.9 Å². The summed E-state index contributed by atoms with van der Waals surface area (Å²) in [5.41, 5.74) is 5.35. The van der Waals surface area contributed by atoms with Gasteiger partial charge in [-0.1, -0.05) is 36.8 Å².